The average molecular weight is 445 g/mol. The van der Waals surface area contributed by atoms with Crippen LogP contribution in [0.25, 0.3) is 0 Å². The zero-order valence-corrected chi connectivity index (χ0v) is 18.5. The molecular weight excluding hydrogens is 422 g/mol. The predicted molar refractivity (Wildman–Crippen MR) is 128 cm³/mol. The first-order valence-corrected chi connectivity index (χ1v) is 12.9. The molecule has 0 bridgehead atoms. The summed E-state index contributed by atoms with van der Waals surface area (Å²) in [5.74, 6) is 0. The predicted octanol–water partition coefficient (Wildman–Crippen LogP) is 4.16. The van der Waals surface area contributed by atoms with Crippen molar-refractivity contribution >= 4 is 46.4 Å². The Morgan fingerprint density at radius 3 is 1.18 bits per heavy atom. The molecule has 0 N–H and O–H groups in total. The first-order valence-electron chi connectivity index (χ1n) is 9.45. The van der Waals surface area contributed by atoms with Crippen LogP contribution in [0.15, 0.2) is 121 Å². The number of hydrogen-bond donors (Lipinski definition) is 0. The Balaban J connectivity index is 2.08. The molecule has 0 aromatic heterocycles. The van der Waals surface area contributed by atoms with Crippen molar-refractivity contribution in [2.75, 3.05) is 0 Å². The fourth-order valence-electron chi connectivity index (χ4n) is 3.67. The molecule has 0 fully saturated rings. The molecule has 0 saturated carbocycles. The van der Waals surface area contributed by atoms with E-state index in [1.54, 1.807) is 4.19 Å². The molecule has 0 amide bonds. The molecule has 0 unspecified atom stereocenters. The van der Waals surface area contributed by atoms with Crippen molar-refractivity contribution in [3.8, 4) is 0 Å². The van der Waals surface area contributed by atoms with Crippen LogP contribution in [0.4, 0.5) is 0 Å². The van der Waals surface area contributed by atoms with Crippen LogP contribution in [-0.4, -0.2) is 19.1 Å². The molecule has 0 saturated heterocycles. The van der Waals surface area contributed by atoms with E-state index in [4.69, 9.17) is 0 Å². The van der Waals surface area contributed by atoms with Crippen LogP contribution in [0.5, 0.6) is 0 Å². The van der Waals surface area contributed by atoms with Crippen molar-refractivity contribution in [3.05, 3.63) is 121 Å². The van der Waals surface area contributed by atoms with Crippen LogP contribution in [-0.2, 0) is 0 Å². The Labute approximate surface area is 174 Å². The third-order valence-electron chi connectivity index (χ3n) is 4.91. The van der Waals surface area contributed by atoms with Crippen molar-refractivity contribution in [3.63, 3.8) is 0 Å². The summed E-state index contributed by atoms with van der Waals surface area (Å²) < 4.78 is 3.02. The van der Waals surface area contributed by atoms with Gasteiger partial charge in [-0.25, -0.2) is 0 Å². The van der Waals surface area contributed by atoms with E-state index in [0.29, 0.717) is 0 Å². The van der Waals surface area contributed by atoms with E-state index in [1.807, 2.05) is 0 Å². The van der Waals surface area contributed by atoms with Gasteiger partial charge in [0.1, 0.15) is 0 Å². The molecule has 28 heavy (non-hydrogen) atoms. The zero-order valence-electron chi connectivity index (χ0n) is 15.9. The minimum absolute atomic E-state index is 0.288. The molecule has 0 radical (unpaired) electrons. The number of benzene rings is 4. The molecule has 0 heterocycles. The van der Waals surface area contributed by atoms with Crippen LogP contribution in [0.3, 0.4) is 0 Å². The van der Waals surface area contributed by atoms with Gasteiger partial charge in [-0.05, 0) is 0 Å². The average Bonchev–Trinajstić information content (AvgIpc) is 2.77. The molecule has 138 valence electrons. The summed E-state index contributed by atoms with van der Waals surface area (Å²) in [5.41, 5.74) is 0. The van der Waals surface area contributed by atoms with E-state index < -0.39 is 6.89 Å². The standard InChI is InChI=1S/C26H23PSe/c1-22(28-26-20-12-5-13-21-26)27(23-14-6-2-7-15-23,24-16-8-3-9-17-24)25-18-10-4-11-19-25/h2-21H,1H3. The fraction of sp³-hybridized carbons (Fsp3) is 0.0385. The summed E-state index contributed by atoms with van der Waals surface area (Å²) in [6.07, 6.45) is 0. The first-order chi connectivity index (χ1) is 13.8. The summed E-state index contributed by atoms with van der Waals surface area (Å²) in [7, 11) is 0. The summed E-state index contributed by atoms with van der Waals surface area (Å²) in [4.78, 5) is 0. The maximum absolute atomic E-state index is 2.38. The first kappa shape index (κ1) is 19.0. The SMILES string of the molecule is CC([Se]c1ccccc1)=P(c1ccccc1)(c1ccccc1)c1ccccc1. The van der Waals surface area contributed by atoms with Gasteiger partial charge in [0, 0.05) is 0 Å². The van der Waals surface area contributed by atoms with Crippen molar-refractivity contribution in [2.45, 2.75) is 6.92 Å². The molecule has 0 spiro atoms. The summed E-state index contributed by atoms with van der Waals surface area (Å²) >= 11 is 0.288. The van der Waals surface area contributed by atoms with Crippen LogP contribution < -0.4 is 20.4 Å². The van der Waals surface area contributed by atoms with E-state index in [-0.39, 0.29) is 15.0 Å². The summed E-state index contributed by atoms with van der Waals surface area (Å²) in [6, 6.07) is 44.3. The van der Waals surface area contributed by atoms with Gasteiger partial charge in [0.05, 0.1) is 0 Å². The molecule has 0 aliphatic heterocycles. The van der Waals surface area contributed by atoms with Gasteiger partial charge in [0.25, 0.3) is 0 Å². The molecule has 0 atom stereocenters. The molecule has 4 rings (SSSR count). The summed E-state index contributed by atoms with van der Waals surface area (Å²) in [6.45, 7) is 0.517. The van der Waals surface area contributed by atoms with Gasteiger partial charge in [-0.15, -0.1) is 0 Å². The topological polar surface area (TPSA) is 0 Å². The minimum atomic E-state index is -1.87. The van der Waals surface area contributed by atoms with E-state index in [1.165, 1.54) is 20.4 Å². The van der Waals surface area contributed by atoms with Gasteiger partial charge >= 0.3 is 175 Å². The van der Waals surface area contributed by atoms with E-state index in [0.717, 1.165) is 0 Å². The molecule has 2 heteroatoms. The second kappa shape index (κ2) is 8.80. The molecule has 4 aromatic rings. The van der Waals surface area contributed by atoms with Gasteiger partial charge in [-0.3, -0.25) is 0 Å². The normalized spacial score (nSPS) is 11.2. The van der Waals surface area contributed by atoms with Crippen molar-refractivity contribution in [1.82, 2.24) is 0 Å². The third kappa shape index (κ3) is 3.67. The Morgan fingerprint density at radius 2 is 0.821 bits per heavy atom. The fourth-order valence-corrected chi connectivity index (χ4v) is 12.4. The van der Waals surface area contributed by atoms with Gasteiger partial charge in [-0.2, -0.15) is 0 Å². The number of rotatable bonds is 5. The van der Waals surface area contributed by atoms with E-state index >= 15 is 0 Å². The molecule has 0 aliphatic rings. The van der Waals surface area contributed by atoms with Gasteiger partial charge in [-0.1, -0.05) is 0 Å². The quantitative estimate of drug-likeness (QED) is 0.320. The van der Waals surface area contributed by atoms with Crippen LogP contribution >= 0.6 is 6.89 Å². The second-order valence-corrected chi connectivity index (χ2v) is 13.6. The Bertz CT molecular complexity index is 969. The molecule has 0 aliphatic carbocycles. The zero-order chi connectivity index (χ0) is 19.2. The third-order valence-corrected chi connectivity index (χ3v) is 13.0. The van der Waals surface area contributed by atoms with Crippen molar-refractivity contribution in [1.29, 1.82) is 0 Å². The van der Waals surface area contributed by atoms with E-state index in [9.17, 15) is 0 Å². The number of hydrogen-bond acceptors (Lipinski definition) is 0. The Kier molecular flexibility index (Phi) is 5.98. The van der Waals surface area contributed by atoms with Crippen LogP contribution in [0.1, 0.15) is 6.92 Å². The molecular formula is C26H23PSe. The second-order valence-electron chi connectivity index (χ2n) is 6.61. The maximum atomic E-state index is 2.38. The molecule has 4 aromatic carbocycles. The van der Waals surface area contributed by atoms with Crippen molar-refractivity contribution < 1.29 is 0 Å². The van der Waals surface area contributed by atoms with Crippen LogP contribution in [0, 0.1) is 0 Å². The monoisotopic (exact) mass is 446 g/mol. The van der Waals surface area contributed by atoms with E-state index in [2.05, 4.69) is 128 Å². The Morgan fingerprint density at radius 1 is 0.500 bits per heavy atom. The van der Waals surface area contributed by atoms with Gasteiger partial charge in [0.2, 0.25) is 0 Å². The Hall–Kier alpha value is -2.30. The van der Waals surface area contributed by atoms with Crippen molar-refractivity contribution in [2.24, 2.45) is 0 Å². The van der Waals surface area contributed by atoms with Gasteiger partial charge < -0.3 is 0 Å². The van der Waals surface area contributed by atoms with Gasteiger partial charge in [0.15, 0.2) is 0 Å². The molecule has 0 nitrogen and oxygen atoms in total. The summed E-state index contributed by atoms with van der Waals surface area (Å²) in [5, 5.41) is 4.30. The van der Waals surface area contributed by atoms with Crippen LogP contribution in [0.2, 0.25) is 0 Å².